The summed E-state index contributed by atoms with van der Waals surface area (Å²) in [6, 6.07) is 7.13. The van der Waals surface area contributed by atoms with Crippen molar-refractivity contribution in [1.82, 2.24) is 0 Å². The fourth-order valence-electron chi connectivity index (χ4n) is 3.12. The monoisotopic (exact) mass is 301 g/mol. The van der Waals surface area contributed by atoms with E-state index in [4.69, 9.17) is 9.52 Å². The van der Waals surface area contributed by atoms with Crippen LogP contribution in [0, 0.1) is 5.92 Å². The van der Waals surface area contributed by atoms with Gasteiger partial charge in [0, 0.05) is 17.0 Å². The molecule has 5 heteroatoms. The number of rotatable bonds is 4. The van der Waals surface area contributed by atoms with Crippen molar-refractivity contribution in [2.75, 3.05) is 11.4 Å². The summed E-state index contributed by atoms with van der Waals surface area (Å²) in [5, 5.41) is 10.0. The van der Waals surface area contributed by atoms with Crippen LogP contribution in [0.25, 0.3) is 11.0 Å². The highest BCUT2D eigenvalue weighted by Crippen LogP contribution is 2.29. The number of fused-ring (bicyclic) bond motifs is 1. The summed E-state index contributed by atoms with van der Waals surface area (Å²) >= 11 is 0. The van der Waals surface area contributed by atoms with E-state index in [0.717, 1.165) is 43.1 Å². The molecule has 1 aromatic carbocycles. The second-order valence-corrected chi connectivity index (χ2v) is 5.80. The molecule has 0 spiro atoms. The predicted molar refractivity (Wildman–Crippen MR) is 82.8 cm³/mol. The zero-order valence-corrected chi connectivity index (χ0v) is 12.3. The van der Waals surface area contributed by atoms with Crippen molar-refractivity contribution in [3.05, 3.63) is 30.5 Å². The Kier molecular flexibility index (Phi) is 4.13. The topological polar surface area (TPSA) is 70.8 Å². The maximum absolute atomic E-state index is 12.7. The highest BCUT2D eigenvalue weighted by molar-refractivity contribution is 6.00. The number of nitrogens with zero attached hydrogens (tertiary/aromatic N) is 1. The molecule has 5 nitrogen and oxygen atoms in total. The van der Waals surface area contributed by atoms with Crippen LogP contribution in [0.3, 0.4) is 0 Å². The van der Waals surface area contributed by atoms with E-state index in [9.17, 15) is 9.59 Å². The standard InChI is InChI=1S/C17H19NO4/c19-16(20)11-18(17(21)12-4-2-1-3-5-12)14-6-7-15-13(10-14)8-9-22-15/h6-10,12H,1-5,11H2,(H,19,20). The van der Waals surface area contributed by atoms with Crippen LogP contribution in [0.1, 0.15) is 32.1 Å². The number of benzene rings is 1. The van der Waals surface area contributed by atoms with E-state index in [1.807, 2.05) is 12.1 Å². The number of furan rings is 1. The molecule has 1 aliphatic rings. The van der Waals surface area contributed by atoms with Gasteiger partial charge in [-0.1, -0.05) is 19.3 Å². The zero-order valence-electron chi connectivity index (χ0n) is 12.3. The summed E-state index contributed by atoms with van der Waals surface area (Å²) in [6.07, 6.45) is 6.52. The van der Waals surface area contributed by atoms with Crippen LogP contribution < -0.4 is 4.90 Å². The summed E-state index contributed by atoms with van der Waals surface area (Å²) in [6.45, 7) is -0.307. The lowest BCUT2D eigenvalue weighted by Gasteiger charge is -2.28. The van der Waals surface area contributed by atoms with Crippen LogP contribution in [0.4, 0.5) is 5.69 Å². The third kappa shape index (κ3) is 2.98. The van der Waals surface area contributed by atoms with E-state index >= 15 is 0 Å². The van der Waals surface area contributed by atoms with Crippen molar-refractivity contribution in [3.8, 4) is 0 Å². The molecule has 116 valence electrons. The molecule has 1 heterocycles. The molecule has 1 fully saturated rings. The Labute approximate surface area is 128 Å². The van der Waals surface area contributed by atoms with Crippen LogP contribution in [-0.2, 0) is 9.59 Å². The predicted octanol–water partition coefficient (Wildman–Crippen LogP) is 3.43. The van der Waals surface area contributed by atoms with Gasteiger partial charge in [0.15, 0.2) is 0 Å². The van der Waals surface area contributed by atoms with Gasteiger partial charge in [-0.3, -0.25) is 9.59 Å². The lowest BCUT2D eigenvalue weighted by molar-refractivity contribution is -0.137. The summed E-state index contributed by atoms with van der Waals surface area (Å²) in [5.41, 5.74) is 1.34. The Hall–Kier alpha value is -2.30. The normalized spacial score (nSPS) is 15.8. The lowest BCUT2D eigenvalue weighted by Crippen LogP contribution is -2.40. The van der Waals surface area contributed by atoms with Gasteiger partial charge in [-0.05, 0) is 37.1 Å². The van der Waals surface area contributed by atoms with E-state index in [1.54, 1.807) is 18.4 Å². The molecule has 0 atom stereocenters. The first-order valence-electron chi connectivity index (χ1n) is 7.65. The second kappa shape index (κ2) is 6.22. The van der Waals surface area contributed by atoms with Gasteiger partial charge in [-0.25, -0.2) is 0 Å². The van der Waals surface area contributed by atoms with Crippen molar-refractivity contribution in [1.29, 1.82) is 0 Å². The summed E-state index contributed by atoms with van der Waals surface area (Å²) in [5.74, 6) is -1.14. The summed E-state index contributed by atoms with van der Waals surface area (Å²) in [7, 11) is 0. The lowest BCUT2D eigenvalue weighted by atomic mass is 9.88. The number of anilines is 1. The fourth-order valence-corrected chi connectivity index (χ4v) is 3.12. The molecule has 0 unspecified atom stereocenters. The molecule has 0 aliphatic heterocycles. The molecule has 22 heavy (non-hydrogen) atoms. The van der Waals surface area contributed by atoms with Crippen LogP contribution in [0.5, 0.6) is 0 Å². The molecule has 1 saturated carbocycles. The molecule has 1 N–H and O–H groups in total. The van der Waals surface area contributed by atoms with Crippen LogP contribution >= 0.6 is 0 Å². The minimum absolute atomic E-state index is 0.0619. The van der Waals surface area contributed by atoms with Crippen molar-refractivity contribution < 1.29 is 19.1 Å². The first kappa shape index (κ1) is 14.6. The molecular formula is C17H19NO4. The number of carbonyl (C=O) groups is 2. The number of carbonyl (C=O) groups excluding carboxylic acids is 1. The smallest absolute Gasteiger partial charge is 0.323 e. The molecule has 0 radical (unpaired) electrons. The van der Waals surface area contributed by atoms with Gasteiger partial charge in [0.2, 0.25) is 5.91 Å². The summed E-state index contributed by atoms with van der Waals surface area (Å²) < 4.78 is 5.29. The minimum Gasteiger partial charge on any atom is -0.480 e. The molecule has 0 saturated heterocycles. The third-order valence-electron chi connectivity index (χ3n) is 4.26. The van der Waals surface area contributed by atoms with E-state index < -0.39 is 5.97 Å². The average Bonchev–Trinajstić information content (AvgIpc) is 3.00. The number of carboxylic acid groups (broad SMARTS) is 1. The second-order valence-electron chi connectivity index (χ2n) is 5.80. The molecule has 1 amide bonds. The SMILES string of the molecule is O=C(O)CN(C(=O)C1CCCCC1)c1ccc2occc2c1. The van der Waals surface area contributed by atoms with Crippen molar-refractivity contribution >= 4 is 28.5 Å². The number of amides is 1. The average molecular weight is 301 g/mol. The van der Waals surface area contributed by atoms with Crippen molar-refractivity contribution in [2.45, 2.75) is 32.1 Å². The van der Waals surface area contributed by atoms with Gasteiger partial charge in [0.25, 0.3) is 0 Å². The minimum atomic E-state index is -1.00. The van der Waals surface area contributed by atoms with Crippen LogP contribution in [-0.4, -0.2) is 23.5 Å². The fraction of sp³-hybridized carbons (Fsp3) is 0.412. The van der Waals surface area contributed by atoms with Crippen molar-refractivity contribution in [3.63, 3.8) is 0 Å². The molecule has 1 aromatic heterocycles. The van der Waals surface area contributed by atoms with Crippen LogP contribution in [0.2, 0.25) is 0 Å². The quantitative estimate of drug-likeness (QED) is 0.939. The summed E-state index contributed by atoms with van der Waals surface area (Å²) in [4.78, 5) is 25.3. The maximum atomic E-state index is 12.7. The number of carboxylic acids is 1. The van der Waals surface area contributed by atoms with Gasteiger partial charge in [-0.2, -0.15) is 0 Å². The Morgan fingerprint density at radius 1 is 1.18 bits per heavy atom. The van der Waals surface area contributed by atoms with Gasteiger partial charge >= 0.3 is 5.97 Å². The number of hydrogen-bond donors (Lipinski definition) is 1. The molecule has 0 bridgehead atoms. The number of aliphatic carboxylic acids is 1. The van der Waals surface area contributed by atoms with Crippen LogP contribution in [0.15, 0.2) is 34.9 Å². The van der Waals surface area contributed by atoms with E-state index in [1.165, 1.54) is 4.90 Å². The van der Waals surface area contributed by atoms with Gasteiger partial charge < -0.3 is 14.4 Å². The Balaban J connectivity index is 1.90. The Morgan fingerprint density at radius 3 is 2.68 bits per heavy atom. The van der Waals surface area contributed by atoms with Gasteiger partial charge in [-0.15, -0.1) is 0 Å². The highest BCUT2D eigenvalue weighted by atomic mass is 16.4. The van der Waals surface area contributed by atoms with E-state index in [-0.39, 0.29) is 18.4 Å². The van der Waals surface area contributed by atoms with Gasteiger partial charge in [0.05, 0.1) is 6.26 Å². The van der Waals surface area contributed by atoms with E-state index in [2.05, 4.69) is 0 Å². The molecule has 3 rings (SSSR count). The maximum Gasteiger partial charge on any atom is 0.323 e. The third-order valence-corrected chi connectivity index (χ3v) is 4.26. The molecular weight excluding hydrogens is 282 g/mol. The Morgan fingerprint density at radius 2 is 1.95 bits per heavy atom. The Bertz CT molecular complexity index is 685. The van der Waals surface area contributed by atoms with E-state index in [0.29, 0.717) is 5.69 Å². The first-order chi connectivity index (χ1) is 10.6. The zero-order chi connectivity index (χ0) is 15.5. The first-order valence-corrected chi connectivity index (χ1v) is 7.65. The molecule has 2 aromatic rings. The number of hydrogen-bond acceptors (Lipinski definition) is 3. The van der Waals surface area contributed by atoms with Crippen molar-refractivity contribution in [2.24, 2.45) is 5.92 Å². The van der Waals surface area contributed by atoms with Gasteiger partial charge in [0.1, 0.15) is 12.1 Å². The largest absolute Gasteiger partial charge is 0.480 e. The molecule has 1 aliphatic carbocycles. The highest BCUT2D eigenvalue weighted by Gasteiger charge is 2.28.